The van der Waals surface area contributed by atoms with Crippen LogP contribution in [0.15, 0.2) is 0 Å². The summed E-state index contributed by atoms with van der Waals surface area (Å²) >= 11 is 0. The Hall–Kier alpha value is -0.530. The van der Waals surface area contributed by atoms with Gasteiger partial charge in [-0.05, 0) is 18.8 Å². The Morgan fingerprint density at radius 2 is 1.62 bits per heavy atom. The smallest absolute Gasteiger partial charge is 0.222 e. The van der Waals surface area contributed by atoms with Crippen LogP contribution in [-0.2, 0) is 4.79 Å². The van der Waals surface area contributed by atoms with E-state index in [9.17, 15) is 4.79 Å². The van der Waals surface area contributed by atoms with Gasteiger partial charge in [0.1, 0.15) is 0 Å². The summed E-state index contributed by atoms with van der Waals surface area (Å²) in [5.41, 5.74) is 0. The van der Waals surface area contributed by atoms with Crippen LogP contribution in [0.3, 0.4) is 0 Å². The molecule has 0 radical (unpaired) electrons. The number of amides is 1. The van der Waals surface area contributed by atoms with Gasteiger partial charge in [0.15, 0.2) is 0 Å². The van der Waals surface area contributed by atoms with Gasteiger partial charge in [-0.15, -0.1) is 0 Å². The molecule has 2 heteroatoms. The van der Waals surface area contributed by atoms with Crippen LogP contribution in [0.1, 0.15) is 47.0 Å². The van der Waals surface area contributed by atoms with Crippen LogP contribution < -0.4 is 0 Å². The SMILES string of the molecule is CCCN(CCC)C(=O)CC(C)C. The van der Waals surface area contributed by atoms with E-state index in [1.54, 1.807) is 0 Å². The molecule has 0 aliphatic heterocycles. The highest BCUT2D eigenvalue weighted by Crippen LogP contribution is 2.05. The quantitative estimate of drug-likeness (QED) is 0.623. The van der Waals surface area contributed by atoms with Crippen LogP contribution in [0.5, 0.6) is 0 Å². The fraction of sp³-hybridized carbons (Fsp3) is 0.909. The second-order valence-corrected chi connectivity index (χ2v) is 3.98. The maximum atomic E-state index is 11.7. The van der Waals surface area contributed by atoms with Gasteiger partial charge in [0, 0.05) is 19.5 Å². The summed E-state index contributed by atoms with van der Waals surface area (Å²) in [4.78, 5) is 13.6. The maximum Gasteiger partial charge on any atom is 0.222 e. The molecule has 0 unspecified atom stereocenters. The summed E-state index contributed by atoms with van der Waals surface area (Å²) in [5.74, 6) is 0.794. The van der Waals surface area contributed by atoms with Crippen LogP contribution in [0.2, 0.25) is 0 Å². The van der Waals surface area contributed by atoms with Crippen LogP contribution >= 0.6 is 0 Å². The average molecular weight is 185 g/mol. The van der Waals surface area contributed by atoms with E-state index in [0.717, 1.165) is 25.9 Å². The van der Waals surface area contributed by atoms with Crippen molar-refractivity contribution in [3.05, 3.63) is 0 Å². The Balaban J connectivity index is 3.95. The van der Waals surface area contributed by atoms with Crippen molar-refractivity contribution in [2.45, 2.75) is 47.0 Å². The van der Waals surface area contributed by atoms with Crippen LogP contribution in [-0.4, -0.2) is 23.9 Å². The molecule has 0 fully saturated rings. The molecule has 0 N–H and O–H groups in total. The molecule has 0 aliphatic carbocycles. The molecule has 78 valence electrons. The largest absolute Gasteiger partial charge is 0.343 e. The molecule has 0 heterocycles. The Morgan fingerprint density at radius 1 is 1.15 bits per heavy atom. The van der Waals surface area contributed by atoms with Gasteiger partial charge in [0.25, 0.3) is 0 Å². The standard InChI is InChI=1S/C11H23NO/c1-5-7-12(8-6-2)11(13)9-10(3)4/h10H,5-9H2,1-4H3. The Kier molecular flexibility index (Phi) is 6.65. The van der Waals surface area contributed by atoms with Crippen LogP contribution in [0.4, 0.5) is 0 Å². The Labute approximate surface area is 82.3 Å². The number of hydrogen-bond donors (Lipinski definition) is 0. The molecular formula is C11H23NO. The predicted molar refractivity (Wildman–Crippen MR) is 56.6 cm³/mol. The molecular weight excluding hydrogens is 162 g/mol. The van der Waals surface area contributed by atoms with E-state index in [1.165, 1.54) is 0 Å². The molecule has 0 rings (SSSR count). The molecule has 0 saturated carbocycles. The van der Waals surface area contributed by atoms with Gasteiger partial charge in [0.05, 0.1) is 0 Å². The van der Waals surface area contributed by atoms with Crippen molar-refractivity contribution in [1.82, 2.24) is 4.90 Å². The number of carbonyl (C=O) groups excluding carboxylic acids is 1. The number of nitrogens with zero attached hydrogens (tertiary/aromatic N) is 1. The van der Waals surface area contributed by atoms with Gasteiger partial charge >= 0.3 is 0 Å². The molecule has 1 amide bonds. The zero-order valence-corrected chi connectivity index (χ0v) is 9.47. The van der Waals surface area contributed by atoms with Crippen LogP contribution in [0.25, 0.3) is 0 Å². The first-order valence-corrected chi connectivity index (χ1v) is 5.39. The Bertz CT molecular complexity index is 137. The monoisotopic (exact) mass is 185 g/mol. The van der Waals surface area contributed by atoms with E-state index in [-0.39, 0.29) is 0 Å². The summed E-state index contributed by atoms with van der Waals surface area (Å²) in [6.07, 6.45) is 2.81. The average Bonchev–Trinajstić information content (AvgIpc) is 2.02. The fourth-order valence-electron chi connectivity index (χ4n) is 1.38. The number of hydrogen-bond acceptors (Lipinski definition) is 1. The minimum absolute atomic E-state index is 0.318. The van der Waals surface area contributed by atoms with E-state index < -0.39 is 0 Å². The minimum Gasteiger partial charge on any atom is -0.343 e. The first kappa shape index (κ1) is 12.5. The first-order valence-electron chi connectivity index (χ1n) is 5.39. The second-order valence-electron chi connectivity index (χ2n) is 3.98. The highest BCUT2D eigenvalue weighted by atomic mass is 16.2. The van der Waals surface area contributed by atoms with Crippen molar-refractivity contribution in [2.24, 2.45) is 5.92 Å². The molecule has 0 bridgehead atoms. The molecule has 0 saturated heterocycles. The molecule has 0 aliphatic rings. The maximum absolute atomic E-state index is 11.7. The highest BCUT2D eigenvalue weighted by molar-refractivity contribution is 5.76. The highest BCUT2D eigenvalue weighted by Gasteiger charge is 2.12. The van der Waals surface area contributed by atoms with Crippen LogP contribution in [0, 0.1) is 5.92 Å². The molecule has 0 spiro atoms. The third kappa shape index (κ3) is 5.67. The van der Waals surface area contributed by atoms with Gasteiger partial charge in [-0.1, -0.05) is 27.7 Å². The zero-order chi connectivity index (χ0) is 10.3. The molecule has 0 aromatic rings. The second kappa shape index (κ2) is 6.93. The van der Waals surface area contributed by atoms with Gasteiger partial charge in [-0.2, -0.15) is 0 Å². The lowest BCUT2D eigenvalue weighted by atomic mass is 10.1. The molecule has 0 aromatic heterocycles. The van der Waals surface area contributed by atoms with Crippen molar-refractivity contribution in [3.8, 4) is 0 Å². The van der Waals surface area contributed by atoms with E-state index in [0.29, 0.717) is 18.2 Å². The lowest BCUT2D eigenvalue weighted by molar-refractivity contribution is -0.132. The van der Waals surface area contributed by atoms with Crippen molar-refractivity contribution >= 4 is 5.91 Å². The zero-order valence-electron chi connectivity index (χ0n) is 9.47. The normalized spacial score (nSPS) is 10.5. The summed E-state index contributed by atoms with van der Waals surface area (Å²) in [5, 5.41) is 0. The summed E-state index contributed by atoms with van der Waals surface area (Å²) in [7, 11) is 0. The summed E-state index contributed by atoms with van der Waals surface area (Å²) in [6.45, 7) is 10.2. The van der Waals surface area contributed by atoms with Crippen molar-refractivity contribution < 1.29 is 4.79 Å². The van der Waals surface area contributed by atoms with E-state index in [1.807, 2.05) is 4.90 Å². The third-order valence-corrected chi connectivity index (χ3v) is 1.92. The van der Waals surface area contributed by atoms with Crippen molar-refractivity contribution in [2.75, 3.05) is 13.1 Å². The molecule has 13 heavy (non-hydrogen) atoms. The van der Waals surface area contributed by atoms with Gasteiger partial charge in [0.2, 0.25) is 5.91 Å². The van der Waals surface area contributed by atoms with Gasteiger partial charge in [-0.3, -0.25) is 4.79 Å². The van der Waals surface area contributed by atoms with E-state index in [2.05, 4.69) is 27.7 Å². The minimum atomic E-state index is 0.318. The van der Waals surface area contributed by atoms with E-state index >= 15 is 0 Å². The lowest BCUT2D eigenvalue weighted by Gasteiger charge is -2.22. The van der Waals surface area contributed by atoms with E-state index in [4.69, 9.17) is 0 Å². The fourth-order valence-corrected chi connectivity index (χ4v) is 1.38. The van der Waals surface area contributed by atoms with Gasteiger partial charge in [-0.25, -0.2) is 0 Å². The third-order valence-electron chi connectivity index (χ3n) is 1.92. The lowest BCUT2D eigenvalue weighted by Crippen LogP contribution is -2.33. The number of carbonyl (C=O) groups is 1. The summed E-state index contributed by atoms with van der Waals surface area (Å²) in [6, 6.07) is 0. The predicted octanol–water partition coefficient (Wildman–Crippen LogP) is 2.68. The van der Waals surface area contributed by atoms with Gasteiger partial charge < -0.3 is 4.90 Å². The number of rotatable bonds is 6. The topological polar surface area (TPSA) is 20.3 Å². The summed E-state index contributed by atoms with van der Waals surface area (Å²) < 4.78 is 0. The first-order chi connectivity index (χ1) is 6.11. The van der Waals surface area contributed by atoms with Crippen molar-refractivity contribution in [3.63, 3.8) is 0 Å². The molecule has 0 atom stereocenters. The Morgan fingerprint density at radius 3 is 1.92 bits per heavy atom. The molecule has 2 nitrogen and oxygen atoms in total. The molecule has 0 aromatic carbocycles. The van der Waals surface area contributed by atoms with Crippen molar-refractivity contribution in [1.29, 1.82) is 0 Å².